The Bertz CT molecular complexity index is 747. The number of nitrogen functional groups attached to an aromatic ring is 2. The number of nitrogens with one attached hydrogen (secondary N) is 1. The van der Waals surface area contributed by atoms with Crippen molar-refractivity contribution in [3.05, 3.63) is 10.8 Å². The Hall–Kier alpha value is -2.95. The smallest absolute Gasteiger partial charge is 0.302 e. The van der Waals surface area contributed by atoms with Crippen LogP contribution >= 0.6 is 11.6 Å². The molecule has 0 saturated carbocycles. The summed E-state index contributed by atoms with van der Waals surface area (Å²) in [6, 6.07) is 0. The molecule has 136 valence electrons. The lowest BCUT2D eigenvalue weighted by molar-refractivity contribution is -0.128. The van der Waals surface area contributed by atoms with E-state index in [1.54, 1.807) is 0 Å². The van der Waals surface area contributed by atoms with Gasteiger partial charge in [-0.2, -0.15) is 4.99 Å². The van der Waals surface area contributed by atoms with Gasteiger partial charge in [0.2, 0.25) is 11.8 Å². The third kappa shape index (κ3) is 5.01. The lowest BCUT2D eigenvalue weighted by atomic mass is 9.86. The third-order valence-electron chi connectivity index (χ3n) is 3.47. The van der Waals surface area contributed by atoms with Crippen LogP contribution in [0.1, 0.15) is 37.2 Å². The Labute approximate surface area is 148 Å². The first-order valence-electron chi connectivity index (χ1n) is 7.07. The van der Waals surface area contributed by atoms with Crippen molar-refractivity contribution < 1.29 is 14.4 Å². The van der Waals surface area contributed by atoms with Crippen LogP contribution in [0.5, 0.6) is 0 Å². The minimum absolute atomic E-state index is 0.0737. The van der Waals surface area contributed by atoms with Crippen molar-refractivity contribution in [3.8, 4) is 0 Å². The number of carbonyl (C=O) groups excluding carboxylic acids is 3. The Morgan fingerprint density at radius 3 is 2.28 bits per heavy atom. The highest BCUT2D eigenvalue weighted by Crippen LogP contribution is 2.29. The number of halogens is 1. The molecule has 2 rings (SSSR count). The minimum Gasteiger partial charge on any atom is -0.382 e. The van der Waals surface area contributed by atoms with Gasteiger partial charge in [-0.05, 0) is 6.42 Å². The molecule has 1 aliphatic heterocycles. The first-order valence-corrected chi connectivity index (χ1v) is 7.44. The quantitative estimate of drug-likeness (QED) is 0.249. The molecule has 0 aromatic carbocycles. The molecule has 1 atom stereocenters. The van der Waals surface area contributed by atoms with Crippen molar-refractivity contribution in [2.75, 3.05) is 11.5 Å². The van der Waals surface area contributed by atoms with E-state index >= 15 is 0 Å². The van der Waals surface area contributed by atoms with E-state index in [0.29, 0.717) is 6.42 Å². The molecule has 11 nitrogen and oxygen atoms in total. The van der Waals surface area contributed by atoms with Crippen molar-refractivity contribution in [2.45, 2.75) is 26.7 Å². The molecule has 1 saturated heterocycles. The van der Waals surface area contributed by atoms with Crippen molar-refractivity contribution in [2.24, 2.45) is 21.9 Å². The van der Waals surface area contributed by atoms with Gasteiger partial charge in [0, 0.05) is 6.42 Å². The van der Waals surface area contributed by atoms with Gasteiger partial charge in [-0.25, -0.2) is 9.97 Å². The lowest BCUT2D eigenvalue weighted by Crippen LogP contribution is -2.28. The Kier molecular flexibility index (Phi) is 6.23. The molecule has 1 aromatic heterocycles. The van der Waals surface area contributed by atoms with Gasteiger partial charge in [-0.1, -0.05) is 25.4 Å². The molecule has 1 unspecified atom stereocenters. The van der Waals surface area contributed by atoms with Crippen LogP contribution in [0.2, 0.25) is 5.15 Å². The van der Waals surface area contributed by atoms with E-state index in [2.05, 4.69) is 20.3 Å². The topological polar surface area (TPSA) is 205 Å². The van der Waals surface area contributed by atoms with E-state index in [9.17, 15) is 14.4 Å². The zero-order valence-electron chi connectivity index (χ0n) is 13.7. The molecule has 0 spiro atoms. The van der Waals surface area contributed by atoms with Crippen LogP contribution in [0.4, 0.5) is 11.6 Å². The van der Waals surface area contributed by atoms with Crippen molar-refractivity contribution in [1.82, 2.24) is 15.3 Å². The number of nitrogens with zero attached hydrogens (tertiary/aromatic N) is 3. The fourth-order valence-electron chi connectivity index (χ4n) is 1.81. The standard InChI is InChI=1S/C7H11NO2.C6H8ClN7O/c1-3-7(2)4-5(9)8-6(7)10;7-2-4(9)13-3(8)1(12-2)5(15)14-6(10)11/h3-4H2,1-2H3,(H,8,9,10);(H4,8,9,13)(H4,10,11,14,15). The molecule has 1 aromatic rings. The number of anilines is 2. The van der Waals surface area contributed by atoms with Crippen LogP contribution in [-0.4, -0.2) is 33.6 Å². The summed E-state index contributed by atoms with van der Waals surface area (Å²) >= 11 is 5.55. The van der Waals surface area contributed by atoms with Crippen molar-refractivity contribution in [3.63, 3.8) is 0 Å². The molecular formula is C13H19ClN8O3. The Morgan fingerprint density at radius 2 is 1.88 bits per heavy atom. The van der Waals surface area contributed by atoms with Gasteiger partial charge in [0.25, 0.3) is 0 Å². The van der Waals surface area contributed by atoms with E-state index in [0.717, 1.165) is 6.42 Å². The van der Waals surface area contributed by atoms with Crippen LogP contribution in [0, 0.1) is 5.41 Å². The van der Waals surface area contributed by atoms with Gasteiger partial charge < -0.3 is 22.9 Å². The molecule has 0 radical (unpaired) electrons. The van der Waals surface area contributed by atoms with Gasteiger partial charge in [-0.3, -0.25) is 19.7 Å². The van der Waals surface area contributed by atoms with E-state index in [-0.39, 0.29) is 34.3 Å². The van der Waals surface area contributed by atoms with E-state index in [1.165, 1.54) is 0 Å². The van der Waals surface area contributed by atoms with Crippen molar-refractivity contribution in [1.29, 1.82) is 0 Å². The summed E-state index contributed by atoms with van der Waals surface area (Å²) in [7, 11) is 0. The molecule has 9 N–H and O–H groups in total. The zero-order valence-corrected chi connectivity index (χ0v) is 14.4. The fourth-order valence-corrected chi connectivity index (χ4v) is 1.94. The summed E-state index contributed by atoms with van der Waals surface area (Å²) < 4.78 is 0. The number of rotatable bonds is 2. The monoisotopic (exact) mass is 370 g/mol. The Balaban J connectivity index is 0.000000271. The zero-order chi connectivity index (χ0) is 19.4. The highest BCUT2D eigenvalue weighted by atomic mass is 35.5. The summed E-state index contributed by atoms with van der Waals surface area (Å²) in [4.78, 5) is 43.4. The number of nitrogens with two attached hydrogens (primary N) is 4. The van der Waals surface area contributed by atoms with Crippen LogP contribution in [0.25, 0.3) is 0 Å². The maximum Gasteiger partial charge on any atom is 0.302 e. The number of hydrogen-bond donors (Lipinski definition) is 5. The summed E-state index contributed by atoms with van der Waals surface area (Å²) in [6.45, 7) is 3.73. The molecule has 0 bridgehead atoms. The van der Waals surface area contributed by atoms with Gasteiger partial charge in [-0.15, -0.1) is 0 Å². The van der Waals surface area contributed by atoms with Gasteiger partial charge in [0.1, 0.15) is 0 Å². The molecular weight excluding hydrogens is 352 g/mol. The lowest BCUT2D eigenvalue weighted by Gasteiger charge is -2.14. The summed E-state index contributed by atoms with van der Waals surface area (Å²) in [5, 5.41) is 2.14. The molecule has 12 heteroatoms. The fraction of sp³-hybridized carbons (Fsp3) is 0.385. The summed E-state index contributed by atoms with van der Waals surface area (Å²) in [5.74, 6) is -1.77. The maximum absolute atomic E-state index is 11.3. The van der Waals surface area contributed by atoms with E-state index in [4.69, 9.17) is 34.5 Å². The van der Waals surface area contributed by atoms with Gasteiger partial charge in [0.05, 0.1) is 5.41 Å². The average Bonchev–Trinajstić information content (AvgIpc) is 2.76. The second kappa shape index (κ2) is 7.75. The normalized spacial score (nSPS) is 18.8. The molecule has 0 aliphatic carbocycles. The van der Waals surface area contributed by atoms with Crippen LogP contribution in [0.3, 0.4) is 0 Å². The number of carbonyl (C=O) groups is 3. The number of guanidine groups is 1. The number of hydrogen-bond acceptors (Lipinski definition) is 7. The molecule has 2 heterocycles. The first kappa shape index (κ1) is 20.1. The highest BCUT2D eigenvalue weighted by Gasteiger charge is 2.40. The predicted octanol–water partition coefficient (Wildman–Crippen LogP) is -0.843. The average molecular weight is 371 g/mol. The number of aliphatic imine (C=N–C) groups is 1. The second-order valence-electron chi connectivity index (χ2n) is 5.44. The predicted molar refractivity (Wildman–Crippen MR) is 92.2 cm³/mol. The second-order valence-corrected chi connectivity index (χ2v) is 5.80. The van der Waals surface area contributed by atoms with Crippen LogP contribution in [0.15, 0.2) is 4.99 Å². The summed E-state index contributed by atoms with van der Waals surface area (Å²) in [6.07, 6.45) is 1.08. The minimum atomic E-state index is -0.832. The number of aromatic nitrogens is 2. The highest BCUT2D eigenvalue weighted by molar-refractivity contribution is 6.31. The molecule has 3 amide bonds. The SMILES string of the molecule is CCC1(C)CC(=O)NC1=O.NC(N)=NC(=O)c1nc(Cl)c(N)nc1N. The van der Waals surface area contributed by atoms with Crippen molar-refractivity contribution >= 4 is 46.9 Å². The van der Waals surface area contributed by atoms with Crippen LogP contribution in [-0.2, 0) is 9.59 Å². The number of amides is 3. The molecule has 25 heavy (non-hydrogen) atoms. The molecule has 1 fully saturated rings. The van der Waals surface area contributed by atoms with Gasteiger partial charge in [0.15, 0.2) is 28.4 Å². The Morgan fingerprint density at radius 1 is 1.28 bits per heavy atom. The number of imide groups is 1. The van der Waals surface area contributed by atoms with E-state index < -0.39 is 17.3 Å². The third-order valence-corrected chi connectivity index (χ3v) is 3.75. The largest absolute Gasteiger partial charge is 0.382 e. The first-order chi connectivity index (χ1) is 11.5. The van der Waals surface area contributed by atoms with Crippen LogP contribution < -0.4 is 28.3 Å². The van der Waals surface area contributed by atoms with Gasteiger partial charge >= 0.3 is 5.91 Å². The van der Waals surface area contributed by atoms with E-state index in [1.807, 2.05) is 13.8 Å². The molecule has 1 aliphatic rings. The summed E-state index contributed by atoms with van der Waals surface area (Å²) in [5.41, 5.74) is 20.0. The maximum atomic E-state index is 11.3.